The molecule has 0 heterocycles. The summed E-state index contributed by atoms with van der Waals surface area (Å²) in [6.45, 7) is 2.27. The van der Waals surface area contributed by atoms with Crippen LogP contribution in [0, 0.1) is 17.8 Å². The number of fused-ring (bicyclic) bond motifs is 3. The first-order valence-corrected chi connectivity index (χ1v) is 10.5. The van der Waals surface area contributed by atoms with E-state index in [1.54, 1.807) is 6.92 Å². The van der Waals surface area contributed by atoms with Gasteiger partial charge in [-0.3, -0.25) is 9.59 Å². The van der Waals surface area contributed by atoms with Crippen LogP contribution in [0.3, 0.4) is 0 Å². The third-order valence-electron chi connectivity index (χ3n) is 6.12. The minimum absolute atomic E-state index is 0.00817. The average molecular weight is 422 g/mol. The Hall–Kier alpha value is -3.35. The van der Waals surface area contributed by atoms with E-state index in [4.69, 9.17) is 9.84 Å². The molecule has 1 fully saturated rings. The van der Waals surface area contributed by atoms with Crippen molar-refractivity contribution < 1.29 is 24.2 Å². The lowest BCUT2D eigenvalue weighted by atomic mass is 9.98. The standard InChI is InChI=1S/C24H26N2O5/c1-14(23(28)29)11-25-22(27)20-10-15(20)12-26-24(30)31-13-21-18-8-4-2-6-16(18)17-7-3-5-9-19(17)21/h2-9,14-15,20-21H,10-13H2,1H3,(H,25,27)(H,26,30)(H,28,29). The van der Waals surface area contributed by atoms with E-state index in [1.165, 1.54) is 11.1 Å². The van der Waals surface area contributed by atoms with E-state index in [0.29, 0.717) is 13.0 Å². The molecule has 3 N–H and O–H groups in total. The lowest BCUT2D eigenvalue weighted by Crippen LogP contribution is -2.34. The third-order valence-corrected chi connectivity index (χ3v) is 6.12. The lowest BCUT2D eigenvalue weighted by Gasteiger charge is -2.14. The zero-order valence-corrected chi connectivity index (χ0v) is 17.3. The minimum Gasteiger partial charge on any atom is -0.481 e. The van der Waals surface area contributed by atoms with Gasteiger partial charge in [-0.2, -0.15) is 0 Å². The van der Waals surface area contributed by atoms with Crippen LogP contribution in [0.5, 0.6) is 0 Å². The van der Waals surface area contributed by atoms with Crippen LogP contribution in [0.25, 0.3) is 11.1 Å². The van der Waals surface area contributed by atoms with Crippen molar-refractivity contribution in [2.45, 2.75) is 19.3 Å². The van der Waals surface area contributed by atoms with Crippen LogP contribution in [0.15, 0.2) is 48.5 Å². The zero-order valence-electron chi connectivity index (χ0n) is 17.3. The van der Waals surface area contributed by atoms with Gasteiger partial charge in [0.05, 0.1) is 5.92 Å². The van der Waals surface area contributed by atoms with Crippen molar-refractivity contribution >= 4 is 18.0 Å². The van der Waals surface area contributed by atoms with Gasteiger partial charge in [-0.25, -0.2) is 4.79 Å². The molecule has 0 radical (unpaired) electrons. The number of ether oxygens (including phenoxy) is 1. The number of hydrogen-bond donors (Lipinski definition) is 3. The molecule has 31 heavy (non-hydrogen) atoms. The van der Waals surface area contributed by atoms with E-state index in [-0.39, 0.29) is 36.8 Å². The Morgan fingerprint density at radius 3 is 2.26 bits per heavy atom. The Morgan fingerprint density at radius 1 is 1.03 bits per heavy atom. The first kappa shape index (κ1) is 20.9. The summed E-state index contributed by atoms with van der Waals surface area (Å²) in [7, 11) is 0. The molecular weight excluding hydrogens is 396 g/mol. The van der Waals surface area contributed by atoms with Crippen molar-refractivity contribution in [3.63, 3.8) is 0 Å². The molecule has 162 valence electrons. The van der Waals surface area contributed by atoms with Crippen LogP contribution in [0.2, 0.25) is 0 Å². The van der Waals surface area contributed by atoms with Gasteiger partial charge in [0, 0.05) is 24.9 Å². The van der Waals surface area contributed by atoms with Crippen LogP contribution in [-0.4, -0.2) is 42.8 Å². The quantitative estimate of drug-likeness (QED) is 0.607. The van der Waals surface area contributed by atoms with Gasteiger partial charge < -0.3 is 20.5 Å². The molecule has 2 aliphatic rings. The molecule has 2 aliphatic carbocycles. The Labute approximate surface area is 180 Å². The molecule has 0 aliphatic heterocycles. The van der Waals surface area contributed by atoms with Crippen molar-refractivity contribution in [3.05, 3.63) is 59.7 Å². The molecule has 1 saturated carbocycles. The summed E-state index contributed by atoms with van der Waals surface area (Å²) in [5.74, 6) is -1.85. The number of benzene rings is 2. The average Bonchev–Trinajstić information content (AvgIpc) is 3.49. The Bertz CT molecular complexity index is 959. The van der Waals surface area contributed by atoms with Crippen molar-refractivity contribution in [2.24, 2.45) is 17.8 Å². The molecule has 2 aromatic carbocycles. The van der Waals surface area contributed by atoms with Crippen LogP contribution < -0.4 is 10.6 Å². The molecule has 7 nitrogen and oxygen atoms in total. The van der Waals surface area contributed by atoms with Gasteiger partial charge >= 0.3 is 12.1 Å². The minimum atomic E-state index is -0.940. The summed E-state index contributed by atoms with van der Waals surface area (Å²) in [6.07, 6.45) is 0.184. The maximum absolute atomic E-state index is 12.2. The predicted octanol–water partition coefficient (Wildman–Crippen LogP) is 3.00. The predicted molar refractivity (Wildman–Crippen MR) is 114 cm³/mol. The van der Waals surface area contributed by atoms with Gasteiger partial charge in [-0.1, -0.05) is 55.5 Å². The molecule has 2 aromatic rings. The number of amides is 2. The van der Waals surface area contributed by atoms with Crippen LogP contribution in [0.4, 0.5) is 4.79 Å². The zero-order chi connectivity index (χ0) is 22.0. The first-order chi connectivity index (χ1) is 15.0. The highest BCUT2D eigenvalue weighted by atomic mass is 16.5. The lowest BCUT2D eigenvalue weighted by molar-refractivity contribution is -0.141. The van der Waals surface area contributed by atoms with Gasteiger partial charge in [0.2, 0.25) is 5.91 Å². The highest BCUT2D eigenvalue weighted by molar-refractivity contribution is 5.82. The second-order valence-corrected chi connectivity index (χ2v) is 8.29. The topological polar surface area (TPSA) is 105 Å². The highest BCUT2D eigenvalue weighted by Crippen LogP contribution is 2.44. The summed E-state index contributed by atoms with van der Waals surface area (Å²) in [6, 6.07) is 16.3. The van der Waals surface area contributed by atoms with Crippen LogP contribution in [0.1, 0.15) is 30.4 Å². The number of hydrogen-bond acceptors (Lipinski definition) is 4. The number of alkyl carbamates (subject to hydrolysis) is 1. The third kappa shape index (κ3) is 4.55. The number of carbonyl (C=O) groups is 3. The molecule has 0 spiro atoms. The van der Waals surface area contributed by atoms with Gasteiger partial charge in [0.1, 0.15) is 6.61 Å². The Kier molecular flexibility index (Phi) is 5.93. The van der Waals surface area contributed by atoms with E-state index < -0.39 is 18.0 Å². The summed E-state index contributed by atoms with van der Waals surface area (Å²) in [4.78, 5) is 35.1. The van der Waals surface area contributed by atoms with Gasteiger partial charge in [0.25, 0.3) is 0 Å². The molecule has 3 atom stereocenters. The summed E-state index contributed by atoms with van der Waals surface area (Å²) in [5.41, 5.74) is 4.67. The SMILES string of the molecule is CC(CNC(=O)C1CC1CNC(=O)OCC1c2ccccc2-c2ccccc21)C(=O)O. The fourth-order valence-corrected chi connectivity index (χ4v) is 4.13. The summed E-state index contributed by atoms with van der Waals surface area (Å²) < 4.78 is 5.50. The smallest absolute Gasteiger partial charge is 0.407 e. The number of carbonyl (C=O) groups excluding carboxylic acids is 2. The maximum atomic E-state index is 12.2. The van der Waals surface area contributed by atoms with Crippen LogP contribution >= 0.6 is 0 Å². The second kappa shape index (κ2) is 8.79. The van der Waals surface area contributed by atoms with E-state index in [0.717, 1.165) is 11.1 Å². The van der Waals surface area contributed by atoms with Crippen molar-refractivity contribution in [1.82, 2.24) is 10.6 Å². The number of nitrogens with one attached hydrogen (secondary N) is 2. The second-order valence-electron chi connectivity index (χ2n) is 8.29. The summed E-state index contributed by atoms with van der Waals surface area (Å²) in [5, 5.41) is 14.3. The molecule has 0 bridgehead atoms. The van der Waals surface area contributed by atoms with E-state index in [1.807, 2.05) is 24.3 Å². The summed E-state index contributed by atoms with van der Waals surface area (Å²) >= 11 is 0. The number of carboxylic acid groups (broad SMARTS) is 1. The molecule has 0 aromatic heterocycles. The van der Waals surface area contributed by atoms with Gasteiger partial charge in [-0.05, 0) is 34.6 Å². The number of carboxylic acids is 1. The Morgan fingerprint density at radius 2 is 1.65 bits per heavy atom. The monoisotopic (exact) mass is 422 g/mol. The maximum Gasteiger partial charge on any atom is 0.407 e. The molecule has 2 amide bonds. The van der Waals surface area contributed by atoms with E-state index in [9.17, 15) is 14.4 Å². The fourth-order valence-electron chi connectivity index (χ4n) is 4.13. The van der Waals surface area contributed by atoms with E-state index in [2.05, 4.69) is 34.9 Å². The highest BCUT2D eigenvalue weighted by Gasteiger charge is 2.43. The number of rotatable bonds is 8. The molecular formula is C24H26N2O5. The van der Waals surface area contributed by atoms with Crippen LogP contribution in [-0.2, 0) is 14.3 Å². The largest absolute Gasteiger partial charge is 0.481 e. The van der Waals surface area contributed by atoms with Gasteiger partial charge in [0.15, 0.2) is 0 Å². The normalized spacial score (nSPS) is 19.6. The Balaban J connectivity index is 1.23. The van der Waals surface area contributed by atoms with Crippen molar-refractivity contribution in [2.75, 3.05) is 19.7 Å². The fraction of sp³-hybridized carbons (Fsp3) is 0.375. The molecule has 4 rings (SSSR count). The van der Waals surface area contributed by atoms with Crippen molar-refractivity contribution in [1.29, 1.82) is 0 Å². The molecule has 0 saturated heterocycles. The van der Waals surface area contributed by atoms with E-state index >= 15 is 0 Å². The first-order valence-electron chi connectivity index (χ1n) is 10.5. The van der Waals surface area contributed by atoms with Crippen molar-refractivity contribution in [3.8, 4) is 11.1 Å². The number of aliphatic carboxylic acids is 1. The molecule has 7 heteroatoms. The molecule has 3 unspecified atom stereocenters. The van der Waals surface area contributed by atoms with Gasteiger partial charge in [-0.15, -0.1) is 0 Å².